The molecule has 0 aliphatic rings. The van der Waals surface area contributed by atoms with Crippen LogP contribution in [-0.2, 0) is 12.1 Å². The van der Waals surface area contributed by atoms with Crippen LogP contribution in [0, 0.1) is 5.82 Å². The van der Waals surface area contributed by atoms with E-state index in [2.05, 4.69) is 31.2 Å². The number of nitrogens with one attached hydrogen (secondary N) is 1. The molecule has 0 bridgehead atoms. The molecule has 2 rings (SSSR count). The fourth-order valence-electron chi connectivity index (χ4n) is 1.99. The van der Waals surface area contributed by atoms with Crippen molar-refractivity contribution >= 4 is 21.8 Å². The molecular weight excluding hydrogens is 407 g/mol. The summed E-state index contributed by atoms with van der Waals surface area (Å²) in [5.74, 6) is -2.27. The molecule has 140 valence electrons. The minimum absolute atomic E-state index is 0.0916. The Bertz CT molecular complexity index is 843. The Kier molecular flexibility index (Phi) is 5.82. The minimum atomic E-state index is -0.693. The van der Waals surface area contributed by atoms with Gasteiger partial charge in [0.1, 0.15) is 5.82 Å². The van der Waals surface area contributed by atoms with Crippen LogP contribution in [0.5, 0.6) is 11.6 Å². The molecule has 0 aliphatic carbocycles. The summed E-state index contributed by atoms with van der Waals surface area (Å²) in [6.07, 6.45) is 0. The number of halogens is 2. The molecule has 0 aliphatic heterocycles. The molecule has 0 fully saturated rings. The summed E-state index contributed by atoms with van der Waals surface area (Å²) in [4.78, 5) is 22.2. The number of carbonyl (C=O) groups excluding carboxylic acids is 1. The molecule has 0 atom stereocenters. The van der Waals surface area contributed by atoms with E-state index in [4.69, 9.17) is 0 Å². The van der Waals surface area contributed by atoms with Gasteiger partial charge in [0.2, 0.25) is 5.75 Å². The second-order valence-electron chi connectivity index (χ2n) is 6.45. The summed E-state index contributed by atoms with van der Waals surface area (Å²) < 4.78 is 13.5. The standard InChI is InChI=1S/C17H20BrFN4O3/c1-17(2,23(3)4)16-21-12(13(24)15(26)22-16)14(25)20-8-9-5-6-11(19)10(18)7-9/h5-7,24H,8H2,1-4H3,(H,20,25)(H,21,22,26). The van der Waals surface area contributed by atoms with Gasteiger partial charge in [-0.2, -0.15) is 4.98 Å². The van der Waals surface area contributed by atoms with Crippen LogP contribution in [0.4, 0.5) is 4.39 Å². The third kappa shape index (κ3) is 4.10. The van der Waals surface area contributed by atoms with E-state index >= 15 is 0 Å². The summed E-state index contributed by atoms with van der Waals surface area (Å²) in [7, 11) is 3.61. The van der Waals surface area contributed by atoms with E-state index in [0.29, 0.717) is 5.56 Å². The predicted molar refractivity (Wildman–Crippen MR) is 97.3 cm³/mol. The van der Waals surface area contributed by atoms with Crippen LogP contribution in [0.3, 0.4) is 0 Å². The normalized spacial score (nSPS) is 11.7. The zero-order valence-electron chi connectivity index (χ0n) is 14.8. The first-order valence-electron chi connectivity index (χ1n) is 7.74. The summed E-state index contributed by atoms with van der Waals surface area (Å²) in [6.45, 7) is 3.72. The van der Waals surface area contributed by atoms with Gasteiger partial charge in [-0.15, -0.1) is 0 Å². The molecule has 9 heteroatoms. The summed E-state index contributed by atoms with van der Waals surface area (Å²) >= 11 is 3.08. The van der Waals surface area contributed by atoms with E-state index < -0.39 is 28.9 Å². The maximum atomic E-state index is 13.3. The van der Waals surface area contributed by atoms with E-state index in [-0.39, 0.29) is 22.5 Å². The molecule has 2 aromatic rings. The second kappa shape index (κ2) is 7.55. The SMILES string of the molecule is CN(C)C(C)(C)c1nc(O)c(O)c(C(=O)NCc2ccc(F)c(Br)c2)n1. The summed E-state index contributed by atoms with van der Waals surface area (Å²) in [6, 6.07) is 4.34. The van der Waals surface area contributed by atoms with Crippen molar-refractivity contribution in [3.63, 3.8) is 0 Å². The van der Waals surface area contributed by atoms with E-state index in [0.717, 1.165) is 0 Å². The predicted octanol–water partition coefficient (Wildman–Crippen LogP) is 2.52. The molecule has 1 heterocycles. The van der Waals surface area contributed by atoms with Crippen molar-refractivity contribution in [2.24, 2.45) is 0 Å². The number of aromatic hydroxyl groups is 2. The highest BCUT2D eigenvalue weighted by Crippen LogP contribution is 2.30. The Balaban J connectivity index is 2.27. The van der Waals surface area contributed by atoms with Gasteiger partial charge in [-0.1, -0.05) is 6.07 Å². The lowest BCUT2D eigenvalue weighted by Crippen LogP contribution is -2.38. The molecule has 1 aromatic carbocycles. The first-order valence-corrected chi connectivity index (χ1v) is 8.53. The van der Waals surface area contributed by atoms with E-state index in [1.807, 2.05) is 18.7 Å². The Morgan fingerprint density at radius 3 is 2.54 bits per heavy atom. The monoisotopic (exact) mass is 426 g/mol. The van der Waals surface area contributed by atoms with Crippen LogP contribution in [0.1, 0.15) is 35.7 Å². The summed E-state index contributed by atoms with van der Waals surface area (Å²) in [5.41, 5.74) is -0.357. The molecule has 26 heavy (non-hydrogen) atoms. The third-order valence-corrected chi connectivity index (χ3v) is 4.79. The lowest BCUT2D eigenvalue weighted by atomic mass is 10.0. The van der Waals surface area contributed by atoms with E-state index in [9.17, 15) is 19.4 Å². The Morgan fingerprint density at radius 1 is 1.31 bits per heavy atom. The smallest absolute Gasteiger partial charge is 0.274 e. The van der Waals surface area contributed by atoms with E-state index in [1.54, 1.807) is 14.1 Å². The molecule has 3 N–H and O–H groups in total. The number of amides is 1. The number of carbonyl (C=O) groups is 1. The number of hydrogen-bond acceptors (Lipinski definition) is 6. The number of benzene rings is 1. The van der Waals surface area contributed by atoms with Gasteiger partial charge in [0.15, 0.2) is 11.5 Å². The molecule has 0 spiro atoms. The number of hydrogen-bond donors (Lipinski definition) is 3. The lowest BCUT2D eigenvalue weighted by Gasteiger charge is -2.31. The summed E-state index contributed by atoms with van der Waals surface area (Å²) in [5, 5.41) is 22.4. The quantitative estimate of drug-likeness (QED) is 0.679. The molecule has 0 radical (unpaired) electrons. The molecule has 1 aromatic heterocycles. The highest BCUT2D eigenvalue weighted by atomic mass is 79.9. The molecule has 7 nitrogen and oxygen atoms in total. The van der Waals surface area contributed by atoms with Crippen LogP contribution >= 0.6 is 15.9 Å². The number of nitrogens with zero attached hydrogens (tertiary/aromatic N) is 3. The van der Waals surface area contributed by atoms with Gasteiger partial charge < -0.3 is 15.5 Å². The second-order valence-corrected chi connectivity index (χ2v) is 7.31. The van der Waals surface area contributed by atoms with Crippen LogP contribution in [0.15, 0.2) is 22.7 Å². The van der Waals surface area contributed by atoms with E-state index in [1.165, 1.54) is 18.2 Å². The highest BCUT2D eigenvalue weighted by molar-refractivity contribution is 9.10. The fraction of sp³-hybridized carbons (Fsp3) is 0.353. The Morgan fingerprint density at radius 2 is 1.96 bits per heavy atom. The van der Waals surface area contributed by atoms with Gasteiger partial charge in [0, 0.05) is 6.54 Å². The number of aromatic nitrogens is 2. The van der Waals surface area contributed by atoms with Gasteiger partial charge in [0.25, 0.3) is 11.8 Å². The zero-order valence-corrected chi connectivity index (χ0v) is 16.4. The molecule has 0 saturated carbocycles. The van der Waals surface area contributed by atoms with Crippen molar-refractivity contribution in [2.75, 3.05) is 14.1 Å². The first kappa shape index (κ1) is 20.1. The largest absolute Gasteiger partial charge is 0.501 e. The molecule has 0 unspecified atom stereocenters. The van der Waals surface area contributed by atoms with Crippen LogP contribution in [0.25, 0.3) is 0 Å². The van der Waals surface area contributed by atoms with Gasteiger partial charge in [-0.3, -0.25) is 9.69 Å². The molecular formula is C17H20BrFN4O3. The zero-order chi connectivity index (χ0) is 19.6. The first-order chi connectivity index (χ1) is 12.0. The van der Waals surface area contributed by atoms with Crippen LogP contribution < -0.4 is 5.32 Å². The van der Waals surface area contributed by atoms with Crippen molar-refractivity contribution in [1.29, 1.82) is 0 Å². The van der Waals surface area contributed by atoms with Gasteiger partial charge in [-0.25, -0.2) is 9.37 Å². The Labute approximate surface area is 159 Å². The maximum Gasteiger partial charge on any atom is 0.274 e. The fourth-order valence-corrected chi connectivity index (χ4v) is 2.42. The highest BCUT2D eigenvalue weighted by Gasteiger charge is 2.30. The molecule has 1 amide bonds. The Hall–Kier alpha value is -2.26. The van der Waals surface area contributed by atoms with Gasteiger partial charge >= 0.3 is 0 Å². The van der Waals surface area contributed by atoms with Gasteiger partial charge in [0.05, 0.1) is 10.0 Å². The van der Waals surface area contributed by atoms with Crippen molar-refractivity contribution in [2.45, 2.75) is 25.9 Å². The number of rotatable bonds is 5. The lowest BCUT2D eigenvalue weighted by molar-refractivity contribution is 0.0939. The average molecular weight is 427 g/mol. The maximum absolute atomic E-state index is 13.3. The third-order valence-electron chi connectivity index (χ3n) is 4.18. The van der Waals surface area contributed by atoms with Gasteiger partial charge in [-0.05, 0) is 61.6 Å². The average Bonchev–Trinajstić information content (AvgIpc) is 2.57. The minimum Gasteiger partial charge on any atom is -0.501 e. The van der Waals surface area contributed by atoms with Crippen LogP contribution in [-0.4, -0.2) is 45.1 Å². The molecule has 0 saturated heterocycles. The van der Waals surface area contributed by atoms with Crippen molar-refractivity contribution < 1.29 is 19.4 Å². The van der Waals surface area contributed by atoms with Crippen LogP contribution in [0.2, 0.25) is 0 Å². The van der Waals surface area contributed by atoms with Crippen molar-refractivity contribution in [3.05, 3.63) is 45.6 Å². The topological polar surface area (TPSA) is 98.6 Å². The van der Waals surface area contributed by atoms with Crippen molar-refractivity contribution in [3.8, 4) is 11.6 Å². The van der Waals surface area contributed by atoms with Crippen molar-refractivity contribution in [1.82, 2.24) is 20.2 Å².